The molecule has 0 aliphatic rings. The molecule has 0 saturated carbocycles. The van der Waals surface area contributed by atoms with E-state index in [4.69, 9.17) is 0 Å². The zero-order valence-electron chi connectivity index (χ0n) is 10.8. The fourth-order valence-corrected chi connectivity index (χ4v) is 1.71. The molecule has 3 aromatic rings. The number of anilines is 1. The van der Waals surface area contributed by atoms with Crippen LogP contribution in [-0.2, 0) is 0 Å². The zero-order valence-corrected chi connectivity index (χ0v) is 10.8. The van der Waals surface area contributed by atoms with Gasteiger partial charge in [0.05, 0.1) is 17.4 Å². The van der Waals surface area contributed by atoms with Crippen LogP contribution in [0.1, 0.15) is 10.4 Å². The van der Waals surface area contributed by atoms with E-state index >= 15 is 0 Å². The molecule has 0 saturated heterocycles. The number of hydrogen-bond acceptors (Lipinski definition) is 4. The molecule has 0 aliphatic carbocycles. The highest BCUT2D eigenvalue weighted by molar-refractivity contribution is 6.03. The molecule has 0 atom stereocenters. The van der Waals surface area contributed by atoms with Gasteiger partial charge >= 0.3 is 0 Å². The first-order chi connectivity index (χ1) is 10.2. The third-order valence-corrected chi connectivity index (χ3v) is 2.73. The zero-order chi connectivity index (χ0) is 14.7. The summed E-state index contributed by atoms with van der Waals surface area (Å²) in [6.07, 6.45) is 6.12. The highest BCUT2D eigenvalue weighted by atomic mass is 19.1. The van der Waals surface area contributed by atoms with Gasteiger partial charge in [0, 0.05) is 18.6 Å². The van der Waals surface area contributed by atoms with Crippen molar-refractivity contribution in [1.82, 2.24) is 19.7 Å². The van der Waals surface area contributed by atoms with Crippen molar-refractivity contribution in [3.63, 3.8) is 0 Å². The van der Waals surface area contributed by atoms with Gasteiger partial charge in [-0.15, -0.1) is 0 Å². The third kappa shape index (κ3) is 2.92. The average Bonchev–Trinajstić information content (AvgIpc) is 3.03. The van der Waals surface area contributed by atoms with Crippen molar-refractivity contribution in [2.24, 2.45) is 0 Å². The van der Waals surface area contributed by atoms with Crippen LogP contribution in [0.4, 0.5) is 10.1 Å². The smallest absolute Gasteiger partial charge is 0.257 e. The predicted octanol–water partition coefficient (Wildman–Crippen LogP) is 2.05. The van der Waals surface area contributed by atoms with Gasteiger partial charge in [0.2, 0.25) is 5.95 Å². The topological polar surface area (TPSA) is 72.7 Å². The molecule has 7 heteroatoms. The van der Waals surface area contributed by atoms with Crippen LogP contribution in [0.2, 0.25) is 0 Å². The molecule has 0 radical (unpaired) electrons. The molecule has 3 rings (SSSR count). The van der Waals surface area contributed by atoms with Crippen LogP contribution in [0.3, 0.4) is 0 Å². The standard InChI is InChI=1S/C14H10FN5O/c15-12-4-2-10(8-16-12)14(21)19-11-3-5-13(17-9-11)20-7-1-6-18-20/h1-9H,(H,19,21). The van der Waals surface area contributed by atoms with E-state index in [2.05, 4.69) is 20.4 Å². The largest absolute Gasteiger partial charge is 0.321 e. The van der Waals surface area contributed by atoms with Crippen LogP contribution < -0.4 is 5.32 Å². The Morgan fingerprint density at radius 3 is 2.67 bits per heavy atom. The molecule has 1 amide bonds. The minimum absolute atomic E-state index is 0.271. The quantitative estimate of drug-likeness (QED) is 0.747. The van der Waals surface area contributed by atoms with Crippen molar-refractivity contribution in [2.75, 3.05) is 5.32 Å². The lowest BCUT2D eigenvalue weighted by atomic mass is 10.2. The van der Waals surface area contributed by atoms with Crippen molar-refractivity contribution in [1.29, 1.82) is 0 Å². The molecule has 0 aromatic carbocycles. The van der Waals surface area contributed by atoms with Crippen LogP contribution in [0.25, 0.3) is 5.82 Å². The highest BCUT2D eigenvalue weighted by Gasteiger charge is 2.07. The predicted molar refractivity (Wildman–Crippen MR) is 73.5 cm³/mol. The summed E-state index contributed by atoms with van der Waals surface area (Å²) < 4.78 is 14.3. The molecule has 0 bridgehead atoms. The molecule has 0 aliphatic heterocycles. The van der Waals surface area contributed by atoms with Gasteiger partial charge < -0.3 is 5.32 Å². The van der Waals surface area contributed by atoms with E-state index in [1.54, 1.807) is 35.3 Å². The average molecular weight is 283 g/mol. The number of rotatable bonds is 3. The number of aromatic nitrogens is 4. The first-order valence-corrected chi connectivity index (χ1v) is 6.11. The van der Waals surface area contributed by atoms with E-state index in [0.29, 0.717) is 11.5 Å². The Bertz CT molecular complexity index is 738. The normalized spacial score (nSPS) is 10.3. The van der Waals surface area contributed by atoms with Crippen LogP contribution in [-0.4, -0.2) is 25.7 Å². The molecule has 104 valence electrons. The van der Waals surface area contributed by atoms with Gasteiger partial charge in [-0.2, -0.15) is 9.49 Å². The maximum absolute atomic E-state index is 12.7. The minimum Gasteiger partial charge on any atom is -0.321 e. The second-order valence-corrected chi connectivity index (χ2v) is 4.18. The van der Waals surface area contributed by atoms with E-state index in [1.165, 1.54) is 18.5 Å². The molecular formula is C14H10FN5O. The third-order valence-electron chi connectivity index (χ3n) is 2.73. The van der Waals surface area contributed by atoms with E-state index < -0.39 is 5.95 Å². The number of nitrogens with one attached hydrogen (secondary N) is 1. The molecule has 21 heavy (non-hydrogen) atoms. The molecule has 3 heterocycles. The van der Waals surface area contributed by atoms with Crippen molar-refractivity contribution >= 4 is 11.6 Å². The van der Waals surface area contributed by atoms with Crippen molar-refractivity contribution in [2.45, 2.75) is 0 Å². The number of halogens is 1. The van der Waals surface area contributed by atoms with E-state index in [0.717, 1.165) is 6.07 Å². The summed E-state index contributed by atoms with van der Waals surface area (Å²) in [6, 6.07) is 7.72. The first kappa shape index (κ1) is 12.9. The summed E-state index contributed by atoms with van der Waals surface area (Å²) in [5.41, 5.74) is 0.799. The Kier molecular flexibility index (Phi) is 3.38. The van der Waals surface area contributed by atoms with E-state index in [1.807, 2.05) is 0 Å². The van der Waals surface area contributed by atoms with Gasteiger partial charge in [-0.1, -0.05) is 0 Å². The van der Waals surface area contributed by atoms with Gasteiger partial charge in [-0.25, -0.2) is 14.6 Å². The molecule has 0 unspecified atom stereocenters. The summed E-state index contributed by atoms with van der Waals surface area (Å²) >= 11 is 0. The Labute approximate surface area is 119 Å². The molecule has 3 aromatic heterocycles. The number of carbonyl (C=O) groups excluding carboxylic acids is 1. The molecular weight excluding hydrogens is 273 g/mol. The molecule has 1 N–H and O–H groups in total. The highest BCUT2D eigenvalue weighted by Crippen LogP contribution is 2.10. The van der Waals surface area contributed by atoms with Crippen molar-refractivity contribution in [3.05, 3.63) is 66.6 Å². The lowest BCUT2D eigenvalue weighted by Crippen LogP contribution is -2.12. The number of nitrogens with zero attached hydrogens (tertiary/aromatic N) is 4. The summed E-state index contributed by atoms with van der Waals surface area (Å²) in [7, 11) is 0. The first-order valence-electron chi connectivity index (χ1n) is 6.11. The van der Waals surface area contributed by atoms with Crippen LogP contribution in [0.15, 0.2) is 55.1 Å². The van der Waals surface area contributed by atoms with Crippen LogP contribution in [0, 0.1) is 5.95 Å². The summed E-state index contributed by atoms with van der Waals surface area (Å²) in [5, 5.41) is 6.71. The van der Waals surface area contributed by atoms with Crippen molar-refractivity contribution < 1.29 is 9.18 Å². The van der Waals surface area contributed by atoms with Gasteiger partial charge in [-0.05, 0) is 30.3 Å². The lowest BCUT2D eigenvalue weighted by Gasteiger charge is -2.06. The number of amides is 1. The maximum atomic E-state index is 12.7. The van der Waals surface area contributed by atoms with Gasteiger partial charge in [0.15, 0.2) is 5.82 Å². The Morgan fingerprint density at radius 2 is 2.05 bits per heavy atom. The number of pyridine rings is 2. The maximum Gasteiger partial charge on any atom is 0.257 e. The Hall–Kier alpha value is -3.09. The molecule has 0 fully saturated rings. The molecule has 0 spiro atoms. The van der Waals surface area contributed by atoms with Gasteiger partial charge in [-0.3, -0.25) is 4.79 Å². The Balaban J connectivity index is 1.73. The van der Waals surface area contributed by atoms with Crippen molar-refractivity contribution in [3.8, 4) is 5.82 Å². The number of hydrogen-bond donors (Lipinski definition) is 1. The van der Waals surface area contributed by atoms with Gasteiger partial charge in [0.1, 0.15) is 0 Å². The van der Waals surface area contributed by atoms with Gasteiger partial charge in [0.25, 0.3) is 5.91 Å². The lowest BCUT2D eigenvalue weighted by molar-refractivity contribution is 0.102. The van der Waals surface area contributed by atoms with E-state index in [-0.39, 0.29) is 11.5 Å². The fourth-order valence-electron chi connectivity index (χ4n) is 1.71. The minimum atomic E-state index is -0.628. The SMILES string of the molecule is O=C(Nc1ccc(-n2cccn2)nc1)c1ccc(F)nc1. The van der Waals surface area contributed by atoms with Crippen LogP contribution in [0.5, 0.6) is 0 Å². The van der Waals surface area contributed by atoms with E-state index in [9.17, 15) is 9.18 Å². The number of carbonyl (C=O) groups is 1. The molecule has 6 nitrogen and oxygen atoms in total. The second kappa shape index (κ2) is 5.49. The summed E-state index contributed by atoms with van der Waals surface area (Å²) in [4.78, 5) is 19.5. The summed E-state index contributed by atoms with van der Waals surface area (Å²) in [5.74, 6) is -0.366. The Morgan fingerprint density at radius 1 is 1.14 bits per heavy atom. The monoisotopic (exact) mass is 283 g/mol. The fraction of sp³-hybridized carbons (Fsp3) is 0. The second-order valence-electron chi connectivity index (χ2n) is 4.18. The summed E-state index contributed by atoms with van der Waals surface area (Å²) in [6.45, 7) is 0. The van der Waals surface area contributed by atoms with Crippen LogP contribution >= 0.6 is 0 Å².